The van der Waals surface area contributed by atoms with Crippen molar-refractivity contribution >= 4 is 18.2 Å². The molecule has 1 saturated carbocycles. The molecule has 3 heteroatoms. The summed E-state index contributed by atoms with van der Waals surface area (Å²) < 4.78 is 0. The van der Waals surface area contributed by atoms with Crippen molar-refractivity contribution in [3.8, 4) is 0 Å². The number of nitrogens with zero attached hydrogens (tertiary/aromatic N) is 1. The predicted octanol–water partition coefficient (Wildman–Crippen LogP) is 2.21. The van der Waals surface area contributed by atoms with Crippen LogP contribution < -0.4 is 5.43 Å². The van der Waals surface area contributed by atoms with E-state index in [-0.39, 0.29) is 11.8 Å². The second-order valence-electron chi connectivity index (χ2n) is 3.80. The fourth-order valence-electron chi connectivity index (χ4n) is 1.30. The van der Waals surface area contributed by atoms with Gasteiger partial charge in [0.1, 0.15) is 0 Å². The third kappa shape index (κ3) is 3.35. The number of allylic oxidation sites excluding steroid dienone is 1. The number of rotatable bonds is 4. The van der Waals surface area contributed by atoms with Gasteiger partial charge in [0.05, 0.1) is 0 Å². The number of amides is 1. The largest absolute Gasteiger partial charge is 0.273 e. The van der Waals surface area contributed by atoms with E-state index in [1.807, 2.05) is 42.5 Å². The molecule has 3 nitrogen and oxygen atoms in total. The van der Waals surface area contributed by atoms with Crippen molar-refractivity contribution in [1.29, 1.82) is 0 Å². The Morgan fingerprint density at radius 2 is 2.06 bits per heavy atom. The van der Waals surface area contributed by atoms with E-state index in [1.54, 1.807) is 6.21 Å². The third-order valence-electron chi connectivity index (χ3n) is 2.37. The molecule has 0 atom stereocenters. The summed E-state index contributed by atoms with van der Waals surface area (Å²) in [6, 6.07) is 9.94. The van der Waals surface area contributed by atoms with E-state index >= 15 is 0 Å². The summed E-state index contributed by atoms with van der Waals surface area (Å²) in [5, 5.41) is 3.84. The maximum Gasteiger partial charge on any atom is 0.243 e. The van der Waals surface area contributed by atoms with Gasteiger partial charge in [-0.3, -0.25) is 4.79 Å². The van der Waals surface area contributed by atoms with Gasteiger partial charge in [0.25, 0.3) is 0 Å². The summed E-state index contributed by atoms with van der Waals surface area (Å²) in [6.45, 7) is 0. The zero-order valence-corrected chi connectivity index (χ0v) is 8.97. The van der Waals surface area contributed by atoms with Gasteiger partial charge in [-0.1, -0.05) is 36.4 Å². The molecule has 0 saturated heterocycles. The van der Waals surface area contributed by atoms with Crippen molar-refractivity contribution in [3.05, 3.63) is 42.0 Å². The molecule has 1 N–H and O–H groups in total. The molecule has 82 valence electrons. The first kappa shape index (κ1) is 10.6. The number of nitrogens with one attached hydrogen (secondary N) is 1. The summed E-state index contributed by atoms with van der Waals surface area (Å²) in [4.78, 5) is 11.2. The zero-order chi connectivity index (χ0) is 11.2. The van der Waals surface area contributed by atoms with Crippen LogP contribution in [0.2, 0.25) is 0 Å². The normalized spacial score (nSPS) is 15.8. The van der Waals surface area contributed by atoms with Gasteiger partial charge in [0, 0.05) is 12.1 Å². The van der Waals surface area contributed by atoms with Crippen LogP contribution in [0.5, 0.6) is 0 Å². The van der Waals surface area contributed by atoms with Crippen molar-refractivity contribution in [3.63, 3.8) is 0 Å². The van der Waals surface area contributed by atoms with Crippen LogP contribution in [0.1, 0.15) is 18.4 Å². The first-order valence-electron chi connectivity index (χ1n) is 5.41. The van der Waals surface area contributed by atoms with Crippen LogP contribution in [-0.4, -0.2) is 12.1 Å². The monoisotopic (exact) mass is 214 g/mol. The molecule has 1 aromatic rings. The molecule has 0 aliphatic heterocycles. The van der Waals surface area contributed by atoms with Crippen LogP contribution in [-0.2, 0) is 4.79 Å². The lowest BCUT2D eigenvalue weighted by Crippen LogP contribution is -2.18. The first-order valence-corrected chi connectivity index (χ1v) is 5.41. The van der Waals surface area contributed by atoms with Gasteiger partial charge in [0.15, 0.2) is 0 Å². The van der Waals surface area contributed by atoms with Crippen LogP contribution in [0, 0.1) is 5.92 Å². The number of hydrogen-bond donors (Lipinski definition) is 1. The molecule has 1 aromatic carbocycles. The van der Waals surface area contributed by atoms with Gasteiger partial charge in [-0.15, -0.1) is 0 Å². The van der Waals surface area contributed by atoms with Gasteiger partial charge in [0.2, 0.25) is 5.91 Å². The fourth-order valence-corrected chi connectivity index (χ4v) is 1.30. The first-order chi connectivity index (χ1) is 7.86. The Bertz CT molecular complexity index is 405. The van der Waals surface area contributed by atoms with Crippen LogP contribution in [0.3, 0.4) is 0 Å². The fraction of sp³-hybridized carbons (Fsp3) is 0.231. The number of hydrazone groups is 1. The number of carbonyl (C=O) groups is 1. The standard InChI is InChI=1S/C13H14N2O/c16-13(12-8-9-12)15-14-10-4-7-11-5-2-1-3-6-11/h1-7,10,12H,8-9H2,(H,15,16). The average Bonchev–Trinajstić information content (AvgIpc) is 3.13. The van der Waals surface area contributed by atoms with E-state index in [2.05, 4.69) is 10.5 Å². The molecule has 0 aromatic heterocycles. The summed E-state index contributed by atoms with van der Waals surface area (Å²) in [7, 11) is 0. The number of hydrogen-bond acceptors (Lipinski definition) is 2. The molecule has 1 amide bonds. The Kier molecular flexibility index (Phi) is 3.49. The minimum Gasteiger partial charge on any atom is -0.273 e. The lowest BCUT2D eigenvalue weighted by molar-refractivity contribution is -0.122. The maximum absolute atomic E-state index is 11.2. The number of carbonyl (C=O) groups excluding carboxylic acids is 1. The van der Waals surface area contributed by atoms with E-state index in [1.165, 1.54) is 0 Å². The van der Waals surface area contributed by atoms with E-state index in [9.17, 15) is 4.79 Å². The third-order valence-corrected chi connectivity index (χ3v) is 2.37. The Morgan fingerprint density at radius 3 is 2.75 bits per heavy atom. The van der Waals surface area contributed by atoms with Crippen molar-refractivity contribution in [2.75, 3.05) is 0 Å². The zero-order valence-electron chi connectivity index (χ0n) is 8.97. The molecule has 16 heavy (non-hydrogen) atoms. The molecular formula is C13H14N2O. The van der Waals surface area contributed by atoms with Crippen molar-refractivity contribution in [2.45, 2.75) is 12.8 Å². The van der Waals surface area contributed by atoms with E-state index in [4.69, 9.17) is 0 Å². The molecule has 0 heterocycles. The lowest BCUT2D eigenvalue weighted by atomic mass is 10.2. The molecule has 0 bridgehead atoms. The van der Waals surface area contributed by atoms with Gasteiger partial charge in [-0.2, -0.15) is 5.10 Å². The highest BCUT2D eigenvalue weighted by atomic mass is 16.2. The maximum atomic E-state index is 11.2. The summed E-state index contributed by atoms with van der Waals surface area (Å²) in [5.74, 6) is 0.236. The minimum absolute atomic E-state index is 0.0318. The van der Waals surface area contributed by atoms with Crippen LogP contribution in [0.15, 0.2) is 41.5 Å². The Balaban J connectivity index is 1.76. The molecule has 0 unspecified atom stereocenters. The van der Waals surface area contributed by atoms with E-state index in [0.29, 0.717) is 0 Å². The SMILES string of the molecule is O=C(NN=CC=Cc1ccccc1)C1CC1. The van der Waals surface area contributed by atoms with Crippen molar-refractivity contribution in [2.24, 2.45) is 11.0 Å². The molecule has 0 radical (unpaired) electrons. The molecule has 1 aliphatic rings. The van der Waals surface area contributed by atoms with Crippen LogP contribution >= 0.6 is 0 Å². The average molecular weight is 214 g/mol. The van der Waals surface area contributed by atoms with E-state index in [0.717, 1.165) is 18.4 Å². The molecule has 0 spiro atoms. The molecule has 2 rings (SSSR count). The van der Waals surface area contributed by atoms with Gasteiger partial charge in [-0.25, -0.2) is 5.43 Å². The Morgan fingerprint density at radius 1 is 1.31 bits per heavy atom. The highest BCUT2D eigenvalue weighted by molar-refractivity contribution is 5.83. The minimum atomic E-state index is 0.0318. The van der Waals surface area contributed by atoms with Gasteiger partial charge < -0.3 is 0 Å². The number of benzene rings is 1. The van der Waals surface area contributed by atoms with Gasteiger partial charge >= 0.3 is 0 Å². The Labute approximate surface area is 94.9 Å². The highest BCUT2D eigenvalue weighted by Gasteiger charge is 2.29. The second kappa shape index (κ2) is 5.26. The van der Waals surface area contributed by atoms with Crippen LogP contribution in [0.25, 0.3) is 6.08 Å². The predicted molar refractivity (Wildman–Crippen MR) is 64.8 cm³/mol. The highest BCUT2D eigenvalue weighted by Crippen LogP contribution is 2.28. The molecular weight excluding hydrogens is 200 g/mol. The Hall–Kier alpha value is -1.90. The second-order valence-corrected chi connectivity index (χ2v) is 3.80. The molecule has 1 aliphatic carbocycles. The lowest BCUT2D eigenvalue weighted by Gasteiger charge is -1.93. The van der Waals surface area contributed by atoms with Gasteiger partial charge in [-0.05, 0) is 24.5 Å². The van der Waals surface area contributed by atoms with Crippen molar-refractivity contribution in [1.82, 2.24) is 5.43 Å². The van der Waals surface area contributed by atoms with E-state index < -0.39 is 0 Å². The van der Waals surface area contributed by atoms with Crippen molar-refractivity contribution < 1.29 is 4.79 Å². The smallest absolute Gasteiger partial charge is 0.243 e. The topological polar surface area (TPSA) is 41.5 Å². The molecule has 1 fully saturated rings. The summed E-state index contributed by atoms with van der Waals surface area (Å²) >= 11 is 0. The summed E-state index contributed by atoms with van der Waals surface area (Å²) in [6.07, 6.45) is 7.34. The quantitative estimate of drug-likeness (QED) is 0.606. The van der Waals surface area contributed by atoms with Crippen LogP contribution in [0.4, 0.5) is 0 Å². The summed E-state index contributed by atoms with van der Waals surface area (Å²) in [5.41, 5.74) is 3.62.